The van der Waals surface area contributed by atoms with Crippen molar-refractivity contribution in [2.24, 2.45) is 0 Å². The number of ether oxygens (including phenoxy) is 1. The molecule has 0 amide bonds. The molecule has 2 rings (SSSR count). The number of anilines is 1. The number of carbonyl (C=O) groups excluding carboxylic acids is 1. The van der Waals surface area contributed by atoms with Crippen molar-refractivity contribution in [3.63, 3.8) is 0 Å². The third-order valence-corrected chi connectivity index (χ3v) is 2.46. The van der Waals surface area contributed by atoms with Crippen LogP contribution in [-0.2, 0) is 0 Å². The molecule has 0 bridgehead atoms. The highest BCUT2D eigenvalue weighted by Crippen LogP contribution is 2.22. The molecule has 0 atom stereocenters. The summed E-state index contributed by atoms with van der Waals surface area (Å²) in [6.45, 7) is 1.50. The number of ketones is 1. The largest absolute Gasteiger partial charge is 0.496 e. The summed E-state index contributed by atoms with van der Waals surface area (Å²) in [6, 6.07) is 5.34. The van der Waals surface area contributed by atoms with Gasteiger partial charge in [-0.15, -0.1) is 0 Å². The van der Waals surface area contributed by atoms with E-state index in [1.54, 1.807) is 29.2 Å². The van der Waals surface area contributed by atoms with E-state index in [2.05, 4.69) is 4.98 Å². The van der Waals surface area contributed by atoms with Crippen molar-refractivity contribution in [3.8, 4) is 11.4 Å². The van der Waals surface area contributed by atoms with Crippen molar-refractivity contribution in [1.29, 1.82) is 0 Å². The molecular weight excluding hydrogens is 218 g/mol. The van der Waals surface area contributed by atoms with Gasteiger partial charge in [-0.25, -0.2) is 4.98 Å². The number of nitrogens with two attached hydrogens (primary N) is 1. The van der Waals surface area contributed by atoms with Crippen molar-refractivity contribution >= 4 is 11.6 Å². The molecule has 0 unspecified atom stereocenters. The van der Waals surface area contributed by atoms with Gasteiger partial charge >= 0.3 is 0 Å². The van der Waals surface area contributed by atoms with Gasteiger partial charge in [0.05, 0.1) is 18.9 Å². The first-order chi connectivity index (χ1) is 8.11. The van der Waals surface area contributed by atoms with E-state index >= 15 is 0 Å². The number of rotatable bonds is 3. The number of hydrogen-bond donors (Lipinski definition) is 1. The first kappa shape index (κ1) is 11.2. The van der Waals surface area contributed by atoms with E-state index in [1.807, 2.05) is 6.07 Å². The Hall–Kier alpha value is -2.30. The summed E-state index contributed by atoms with van der Waals surface area (Å²) < 4.78 is 6.88. The second kappa shape index (κ2) is 4.29. The fourth-order valence-corrected chi connectivity index (χ4v) is 1.61. The van der Waals surface area contributed by atoms with Crippen LogP contribution in [0.1, 0.15) is 17.3 Å². The Kier molecular flexibility index (Phi) is 2.82. The second-order valence-electron chi connectivity index (χ2n) is 3.65. The SMILES string of the molecule is COc1ccc(-n2cnc(N)c2)cc1C(C)=O. The van der Waals surface area contributed by atoms with Crippen LogP contribution in [0.2, 0.25) is 0 Å². The number of imidazole rings is 1. The van der Waals surface area contributed by atoms with Crippen LogP contribution in [0, 0.1) is 0 Å². The van der Waals surface area contributed by atoms with Gasteiger partial charge in [-0.3, -0.25) is 4.79 Å². The van der Waals surface area contributed by atoms with Gasteiger partial charge in [0.1, 0.15) is 17.9 Å². The van der Waals surface area contributed by atoms with E-state index in [1.165, 1.54) is 14.0 Å². The molecular formula is C12H13N3O2. The lowest BCUT2D eigenvalue weighted by Crippen LogP contribution is -2.00. The predicted molar refractivity (Wildman–Crippen MR) is 64.5 cm³/mol. The molecule has 0 aliphatic rings. The van der Waals surface area contributed by atoms with Gasteiger partial charge in [0, 0.05) is 5.69 Å². The van der Waals surface area contributed by atoms with Gasteiger partial charge in [-0.2, -0.15) is 0 Å². The highest BCUT2D eigenvalue weighted by Gasteiger charge is 2.09. The Morgan fingerprint density at radius 2 is 2.24 bits per heavy atom. The number of nitrogen functional groups attached to an aromatic ring is 1. The minimum atomic E-state index is -0.0446. The molecule has 0 fully saturated rings. The van der Waals surface area contributed by atoms with E-state index in [-0.39, 0.29) is 5.78 Å². The fourth-order valence-electron chi connectivity index (χ4n) is 1.61. The molecule has 5 heteroatoms. The van der Waals surface area contributed by atoms with Crippen LogP contribution in [0.3, 0.4) is 0 Å². The van der Waals surface area contributed by atoms with Crippen molar-refractivity contribution in [2.75, 3.05) is 12.8 Å². The summed E-state index contributed by atoms with van der Waals surface area (Å²) in [4.78, 5) is 15.4. The third-order valence-electron chi connectivity index (χ3n) is 2.46. The number of methoxy groups -OCH3 is 1. The average molecular weight is 231 g/mol. The number of benzene rings is 1. The smallest absolute Gasteiger partial charge is 0.163 e. The van der Waals surface area contributed by atoms with Crippen molar-refractivity contribution < 1.29 is 9.53 Å². The molecule has 5 nitrogen and oxygen atoms in total. The summed E-state index contributed by atoms with van der Waals surface area (Å²) in [5.41, 5.74) is 6.91. The Labute approximate surface area is 98.8 Å². The van der Waals surface area contributed by atoms with Crippen molar-refractivity contribution in [1.82, 2.24) is 9.55 Å². The molecule has 0 aliphatic heterocycles. The van der Waals surface area contributed by atoms with E-state index in [0.29, 0.717) is 17.1 Å². The molecule has 0 radical (unpaired) electrons. The number of carbonyl (C=O) groups is 1. The molecule has 88 valence electrons. The maximum absolute atomic E-state index is 11.5. The highest BCUT2D eigenvalue weighted by atomic mass is 16.5. The molecule has 1 heterocycles. The summed E-state index contributed by atoms with van der Waals surface area (Å²) in [5, 5.41) is 0. The molecule has 17 heavy (non-hydrogen) atoms. The molecule has 1 aromatic heterocycles. The number of hydrogen-bond acceptors (Lipinski definition) is 4. The van der Waals surface area contributed by atoms with Crippen molar-refractivity contribution in [3.05, 3.63) is 36.3 Å². The van der Waals surface area contributed by atoms with Crippen LogP contribution in [0.5, 0.6) is 5.75 Å². The summed E-state index contributed by atoms with van der Waals surface area (Å²) >= 11 is 0. The van der Waals surface area contributed by atoms with E-state index in [0.717, 1.165) is 5.69 Å². The maximum atomic E-state index is 11.5. The van der Waals surface area contributed by atoms with Gasteiger partial charge in [0.15, 0.2) is 5.78 Å². The van der Waals surface area contributed by atoms with Crippen LogP contribution in [0.25, 0.3) is 5.69 Å². The molecule has 2 N–H and O–H groups in total. The zero-order valence-corrected chi connectivity index (χ0v) is 9.68. The molecule has 0 saturated carbocycles. The lowest BCUT2D eigenvalue weighted by Gasteiger charge is -2.08. The molecule has 1 aromatic carbocycles. The van der Waals surface area contributed by atoms with Gasteiger partial charge in [-0.05, 0) is 25.1 Å². The molecule has 0 spiro atoms. The number of nitrogens with zero attached hydrogens (tertiary/aromatic N) is 2. The van der Waals surface area contributed by atoms with Gasteiger partial charge < -0.3 is 15.0 Å². The minimum Gasteiger partial charge on any atom is -0.496 e. The lowest BCUT2D eigenvalue weighted by molar-refractivity contribution is 0.101. The molecule has 0 saturated heterocycles. The average Bonchev–Trinajstić information content (AvgIpc) is 2.75. The Balaban J connectivity index is 2.50. The topological polar surface area (TPSA) is 70.1 Å². The number of Topliss-reactive ketones (excluding diaryl/α,β-unsaturated/α-hetero) is 1. The third kappa shape index (κ3) is 2.13. The van der Waals surface area contributed by atoms with Crippen LogP contribution in [0.4, 0.5) is 5.82 Å². The normalized spacial score (nSPS) is 10.2. The second-order valence-corrected chi connectivity index (χ2v) is 3.65. The quantitative estimate of drug-likeness (QED) is 0.815. The van der Waals surface area contributed by atoms with E-state index in [9.17, 15) is 4.79 Å². The summed E-state index contributed by atoms with van der Waals surface area (Å²) in [5.74, 6) is 0.955. The zero-order chi connectivity index (χ0) is 12.4. The minimum absolute atomic E-state index is 0.0446. The van der Waals surface area contributed by atoms with Crippen LogP contribution >= 0.6 is 0 Å². The zero-order valence-electron chi connectivity index (χ0n) is 9.68. The van der Waals surface area contributed by atoms with Gasteiger partial charge in [0.2, 0.25) is 0 Å². The summed E-state index contributed by atoms with van der Waals surface area (Å²) in [6.07, 6.45) is 3.28. The predicted octanol–water partition coefficient (Wildman–Crippen LogP) is 1.67. The van der Waals surface area contributed by atoms with Crippen LogP contribution < -0.4 is 10.5 Å². The maximum Gasteiger partial charge on any atom is 0.163 e. The van der Waals surface area contributed by atoms with Crippen molar-refractivity contribution in [2.45, 2.75) is 6.92 Å². The Morgan fingerprint density at radius 3 is 2.76 bits per heavy atom. The van der Waals surface area contributed by atoms with Crippen LogP contribution in [-0.4, -0.2) is 22.4 Å². The monoisotopic (exact) mass is 231 g/mol. The standard InChI is InChI=1S/C12H13N3O2/c1-8(16)10-5-9(3-4-11(10)17-2)15-6-12(13)14-7-15/h3-7H,13H2,1-2H3. The fraction of sp³-hybridized carbons (Fsp3) is 0.167. The lowest BCUT2D eigenvalue weighted by atomic mass is 10.1. The van der Waals surface area contributed by atoms with Gasteiger partial charge in [0.25, 0.3) is 0 Å². The van der Waals surface area contributed by atoms with Crippen LogP contribution in [0.15, 0.2) is 30.7 Å². The Morgan fingerprint density at radius 1 is 1.47 bits per heavy atom. The molecule has 0 aliphatic carbocycles. The number of aromatic nitrogens is 2. The highest BCUT2D eigenvalue weighted by molar-refractivity contribution is 5.97. The van der Waals surface area contributed by atoms with E-state index in [4.69, 9.17) is 10.5 Å². The van der Waals surface area contributed by atoms with E-state index < -0.39 is 0 Å². The first-order valence-electron chi connectivity index (χ1n) is 5.10. The Bertz CT molecular complexity index is 561. The summed E-state index contributed by atoms with van der Waals surface area (Å²) in [7, 11) is 1.54. The first-order valence-corrected chi connectivity index (χ1v) is 5.10. The molecule has 2 aromatic rings. The van der Waals surface area contributed by atoms with Gasteiger partial charge in [-0.1, -0.05) is 0 Å².